The summed E-state index contributed by atoms with van der Waals surface area (Å²) < 4.78 is 53.9. The van der Waals surface area contributed by atoms with Crippen LogP contribution in [0.4, 0.5) is 0 Å². The van der Waals surface area contributed by atoms with Gasteiger partial charge in [-0.3, -0.25) is 0 Å². The minimum absolute atomic E-state index is 0.369. The standard InChI is InChI=1S/C43H46O8Si2.C31H40O5.C23H23NO5/c1-7-40(44)48-23-9-25-52(3,4)36-17-13-34(14-18-36)50-42(46)30-11-21-38-32(27-30)29-33-28-31(12-22-39(33)38)43(47)51-35-15-19-37(20-16-35)53(5,6)26-10-24-49-41(45)8-2;1-3-9-24-10-12-25(13-11-24)26-14-20-29(21-15-26)36-31(33)27-16-18-28(19-17-27)34-22-7-5-6-8-23-35-30(32)4-2;1-2-22(25)28-16-6-4-3-5-15-27-20-13-9-19(10-14-20)23(26)29-21-11-7-18(17-24)8-12-21/h7-8,11-22,27-28H,1-2,9-10,23-26,29H2,3-6H3;4,14-21,24-25H,2-3,5-13,22-23H2,1H3;2,7-14H,1,3-6,15-16H2. The molecule has 0 saturated heterocycles. The van der Waals surface area contributed by atoms with Crippen molar-refractivity contribution in [2.45, 2.75) is 160 Å². The highest BCUT2D eigenvalue weighted by atomic mass is 28.3. The molecular weight excluding hydrogens is 1520 g/mol. The van der Waals surface area contributed by atoms with E-state index in [4.69, 9.17) is 52.6 Å². The molecule has 0 bridgehead atoms. The van der Waals surface area contributed by atoms with Crippen LogP contribution in [0.2, 0.25) is 38.3 Å². The minimum Gasteiger partial charge on any atom is -0.494 e. The lowest BCUT2D eigenvalue weighted by molar-refractivity contribution is -0.138. The van der Waals surface area contributed by atoms with Crippen LogP contribution in [-0.4, -0.2) is 104 Å². The van der Waals surface area contributed by atoms with E-state index in [1.54, 1.807) is 84.9 Å². The van der Waals surface area contributed by atoms with Crippen molar-refractivity contribution >= 4 is 74.3 Å². The van der Waals surface area contributed by atoms with Crippen molar-refractivity contribution < 1.29 is 85.7 Å². The first-order valence-electron chi connectivity index (χ1n) is 40.6. The second-order valence-electron chi connectivity index (χ2n) is 30.3. The minimum atomic E-state index is -1.78. The number of hydrogen-bond acceptors (Lipinski definition) is 19. The van der Waals surface area contributed by atoms with Crippen molar-refractivity contribution in [1.82, 2.24) is 0 Å². The highest BCUT2D eigenvalue weighted by Crippen LogP contribution is 2.40. The molecule has 8 aromatic carbocycles. The van der Waals surface area contributed by atoms with Gasteiger partial charge < -0.3 is 47.4 Å². The summed E-state index contributed by atoms with van der Waals surface area (Å²) in [6.07, 6.45) is 21.9. The third kappa shape index (κ3) is 30.2. The van der Waals surface area contributed by atoms with Gasteiger partial charge in [0.25, 0.3) is 0 Å². The van der Waals surface area contributed by atoms with Crippen molar-refractivity contribution in [2.75, 3.05) is 39.6 Å². The number of fused-ring (bicyclic) bond motifs is 3. The van der Waals surface area contributed by atoms with Gasteiger partial charge in [-0.05, 0) is 269 Å². The summed E-state index contributed by atoms with van der Waals surface area (Å²) in [7, 11) is -3.55. The van der Waals surface area contributed by atoms with Crippen LogP contribution in [-0.2, 0) is 44.5 Å². The number of ether oxygens (including phenoxy) is 10. The van der Waals surface area contributed by atoms with Crippen molar-refractivity contribution in [3.8, 4) is 51.7 Å². The largest absolute Gasteiger partial charge is 0.494 e. The Balaban J connectivity index is 0.000000233. The third-order valence-corrected chi connectivity index (χ3v) is 27.7. The summed E-state index contributed by atoms with van der Waals surface area (Å²) in [6, 6.07) is 58.6. The molecule has 0 N–H and O–H groups in total. The van der Waals surface area contributed by atoms with Gasteiger partial charge in [-0.25, -0.2) is 38.4 Å². The van der Waals surface area contributed by atoms with Gasteiger partial charge in [-0.1, -0.05) is 143 Å². The maximum atomic E-state index is 13.2. The molecule has 0 unspecified atom stereocenters. The second-order valence-corrected chi connectivity index (χ2v) is 40.0. The van der Waals surface area contributed by atoms with Gasteiger partial charge in [0, 0.05) is 24.3 Å². The number of nitrogens with zero attached hydrogens (tertiary/aromatic N) is 1. The van der Waals surface area contributed by atoms with Crippen LogP contribution in [0.1, 0.15) is 179 Å². The fourth-order valence-electron chi connectivity index (χ4n) is 13.8. The van der Waals surface area contributed by atoms with Crippen LogP contribution in [0, 0.1) is 17.2 Å². The molecule has 618 valence electrons. The molecular formula is C97H109NO18Si2. The van der Waals surface area contributed by atoms with Crippen LogP contribution >= 0.6 is 0 Å². The molecule has 0 spiro atoms. The molecule has 8 aromatic rings. The summed E-state index contributed by atoms with van der Waals surface area (Å²) in [5, 5.41) is 11.2. The molecule has 10 rings (SSSR count). The number of esters is 8. The normalized spacial score (nSPS) is 13.0. The van der Waals surface area contributed by atoms with Crippen molar-refractivity contribution in [3.05, 3.63) is 277 Å². The Kier molecular flexibility index (Phi) is 37.1. The van der Waals surface area contributed by atoms with Crippen LogP contribution in [0.5, 0.6) is 34.5 Å². The summed E-state index contributed by atoms with van der Waals surface area (Å²) in [5.41, 5.74) is 7.69. The van der Waals surface area contributed by atoms with Crippen molar-refractivity contribution in [1.29, 1.82) is 5.26 Å². The Labute approximate surface area is 696 Å². The predicted octanol–water partition coefficient (Wildman–Crippen LogP) is 19.9. The van der Waals surface area contributed by atoms with E-state index in [0.29, 0.717) is 109 Å². The molecule has 0 radical (unpaired) electrons. The first kappa shape index (κ1) is 91.5. The first-order chi connectivity index (χ1) is 57.0. The van der Waals surface area contributed by atoms with Crippen molar-refractivity contribution in [3.63, 3.8) is 0 Å². The van der Waals surface area contributed by atoms with Crippen LogP contribution in [0.15, 0.2) is 233 Å². The van der Waals surface area contributed by atoms with Gasteiger partial charge in [-0.15, -0.1) is 0 Å². The van der Waals surface area contributed by atoms with E-state index in [9.17, 15) is 38.4 Å². The van der Waals surface area contributed by atoms with E-state index >= 15 is 0 Å². The number of nitriles is 1. The van der Waals surface area contributed by atoms with Gasteiger partial charge >= 0.3 is 47.8 Å². The summed E-state index contributed by atoms with van der Waals surface area (Å²) in [5.74, 6) is 1.53. The number of unbranched alkanes of at least 4 members (excludes halogenated alkanes) is 6. The first-order valence-corrected chi connectivity index (χ1v) is 47.0. The molecule has 1 saturated carbocycles. The predicted molar refractivity (Wildman–Crippen MR) is 463 cm³/mol. The monoisotopic (exact) mass is 1630 g/mol. The molecule has 2 aliphatic carbocycles. The van der Waals surface area contributed by atoms with E-state index in [2.05, 4.69) is 71.6 Å². The topological polar surface area (TPSA) is 253 Å². The molecule has 0 atom stereocenters. The van der Waals surface area contributed by atoms with Gasteiger partial charge in [0.05, 0.1) is 89.7 Å². The van der Waals surface area contributed by atoms with Crippen LogP contribution in [0.25, 0.3) is 11.1 Å². The highest BCUT2D eigenvalue weighted by molar-refractivity contribution is 6.90. The maximum absolute atomic E-state index is 13.2. The van der Waals surface area contributed by atoms with E-state index in [1.807, 2.05) is 91.0 Å². The molecule has 19 nitrogen and oxygen atoms in total. The number of hydrogen-bond donors (Lipinski definition) is 0. The fourth-order valence-corrected chi connectivity index (χ4v) is 18.6. The van der Waals surface area contributed by atoms with E-state index in [1.165, 1.54) is 72.7 Å². The third-order valence-electron chi connectivity index (χ3n) is 20.7. The van der Waals surface area contributed by atoms with Crippen LogP contribution in [0.3, 0.4) is 0 Å². The number of carbonyl (C=O) groups is 8. The molecule has 21 heteroatoms. The van der Waals surface area contributed by atoms with E-state index in [-0.39, 0.29) is 11.9 Å². The molecule has 0 heterocycles. The Morgan fingerprint density at radius 3 is 1.04 bits per heavy atom. The van der Waals surface area contributed by atoms with E-state index in [0.717, 1.165) is 116 Å². The molecule has 0 aliphatic heterocycles. The number of benzene rings is 8. The van der Waals surface area contributed by atoms with Gasteiger partial charge in [0.15, 0.2) is 0 Å². The summed E-state index contributed by atoms with van der Waals surface area (Å²) >= 11 is 0. The maximum Gasteiger partial charge on any atom is 0.343 e. The Morgan fingerprint density at radius 1 is 0.381 bits per heavy atom. The van der Waals surface area contributed by atoms with Crippen LogP contribution < -0.4 is 38.8 Å². The fraction of sp³-hybridized carbons (Fsp3) is 0.330. The lowest BCUT2D eigenvalue weighted by Crippen LogP contribution is -2.41. The van der Waals surface area contributed by atoms with Crippen molar-refractivity contribution in [2.24, 2.45) is 5.92 Å². The zero-order chi connectivity index (χ0) is 84.7. The zero-order valence-corrected chi connectivity index (χ0v) is 70.6. The summed E-state index contributed by atoms with van der Waals surface area (Å²) in [4.78, 5) is 95.5. The molecule has 2 aliphatic rings. The second kappa shape index (κ2) is 47.9. The van der Waals surface area contributed by atoms with Gasteiger partial charge in [-0.2, -0.15) is 5.26 Å². The Hall–Kier alpha value is -12.0. The lowest BCUT2D eigenvalue weighted by atomic mass is 9.77. The molecule has 0 amide bonds. The Morgan fingerprint density at radius 2 is 0.695 bits per heavy atom. The quantitative estimate of drug-likeness (QED) is 0.00862. The number of carbonyl (C=O) groups excluding carboxylic acids is 8. The zero-order valence-electron chi connectivity index (χ0n) is 68.6. The SMILES string of the molecule is C=CC(=O)OCCCCCCOc1ccc(C(=O)Oc2ccc(C#N)cc2)cc1.C=CC(=O)OCCCCCCOc1ccc(C(=O)Oc2ccc(C3CCC(CCC)CC3)cc2)cc1.C=CC(=O)OCCC[Si](C)(C)c1ccc(OC(=O)c2ccc3c(c2)Cc2cc(C(=O)Oc4ccc([Si](C)(C)CCCOC(=O)C=C)cc4)ccc2-3)cc1. The summed E-state index contributed by atoms with van der Waals surface area (Å²) in [6.45, 7) is 27.6. The lowest BCUT2D eigenvalue weighted by Gasteiger charge is -2.28. The molecule has 118 heavy (non-hydrogen) atoms. The average molecular weight is 1630 g/mol. The average Bonchev–Trinajstić information content (AvgIpc) is 1.62. The number of rotatable bonds is 41. The molecule has 1 fully saturated rings. The van der Waals surface area contributed by atoms with E-state index < -0.39 is 52.0 Å². The highest BCUT2D eigenvalue weighted by Gasteiger charge is 2.28. The smallest absolute Gasteiger partial charge is 0.343 e. The Bertz CT molecular complexity index is 4570. The van der Waals surface area contributed by atoms with Gasteiger partial charge in [0.2, 0.25) is 0 Å². The van der Waals surface area contributed by atoms with Gasteiger partial charge in [0.1, 0.15) is 34.5 Å². The molecule has 0 aromatic heterocycles.